The van der Waals surface area contributed by atoms with Crippen molar-refractivity contribution in [3.05, 3.63) is 24.4 Å². The second kappa shape index (κ2) is 2.54. The Balaban J connectivity index is 2.63. The van der Waals surface area contributed by atoms with Crippen LogP contribution in [0.25, 0.3) is 0 Å². The number of nitrogens with one attached hydrogen (secondary N) is 1. The second-order valence-electron chi connectivity index (χ2n) is 1.92. The zero-order chi connectivity index (χ0) is 6.74. The van der Waals surface area contributed by atoms with Gasteiger partial charge in [-0.15, -0.1) is 0 Å². The molecule has 2 nitrogen and oxygen atoms in total. The van der Waals surface area contributed by atoms with Crippen molar-refractivity contribution in [1.29, 1.82) is 0 Å². The summed E-state index contributed by atoms with van der Waals surface area (Å²) in [5, 5.41) is 12.7. The number of aliphatic hydroxyl groups is 1. The van der Waals surface area contributed by atoms with E-state index in [1.807, 2.05) is 6.08 Å². The third-order valence-corrected chi connectivity index (χ3v) is 1.97. The number of halogens is 1. The van der Waals surface area contributed by atoms with E-state index in [0.717, 1.165) is 0 Å². The van der Waals surface area contributed by atoms with E-state index in [-0.39, 0.29) is 0 Å². The van der Waals surface area contributed by atoms with Gasteiger partial charge in [-0.1, -0.05) is 22.0 Å². The number of dihydropyridines is 1. The van der Waals surface area contributed by atoms with E-state index in [1.54, 1.807) is 18.4 Å². The number of hydrogen-bond acceptors (Lipinski definition) is 2. The van der Waals surface area contributed by atoms with Crippen molar-refractivity contribution in [2.45, 2.75) is 5.72 Å². The van der Waals surface area contributed by atoms with Crippen LogP contribution in [0.15, 0.2) is 24.4 Å². The summed E-state index contributed by atoms with van der Waals surface area (Å²) in [5.41, 5.74) is -0.880. The molecule has 1 rings (SSSR count). The Morgan fingerprint density at radius 3 is 2.67 bits per heavy atom. The Morgan fingerprint density at radius 2 is 2.33 bits per heavy atom. The van der Waals surface area contributed by atoms with Gasteiger partial charge in [-0.25, -0.2) is 0 Å². The molecule has 0 bridgehead atoms. The highest BCUT2D eigenvalue weighted by atomic mass is 79.9. The molecule has 0 aromatic heterocycles. The maximum absolute atomic E-state index is 9.38. The van der Waals surface area contributed by atoms with Gasteiger partial charge in [0.25, 0.3) is 0 Å². The van der Waals surface area contributed by atoms with Gasteiger partial charge in [0.2, 0.25) is 0 Å². The lowest BCUT2D eigenvalue weighted by Gasteiger charge is -2.23. The molecular formula is C6H8BrNO. The summed E-state index contributed by atoms with van der Waals surface area (Å²) in [4.78, 5) is 0. The van der Waals surface area contributed by atoms with Gasteiger partial charge in [-0.3, -0.25) is 0 Å². The zero-order valence-electron chi connectivity index (χ0n) is 4.84. The first kappa shape index (κ1) is 6.83. The summed E-state index contributed by atoms with van der Waals surface area (Å²) in [6, 6.07) is 0. The van der Waals surface area contributed by atoms with E-state index in [9.17, 15) is 5.11 Å². The molecule has 1 aliphatic rings. The van der Waals surface area contributed by atoms with Crippen LogP contribution in [0.1, 0.15) is 0 Å². The molecular weight excluding hydrogens is 182 g/mol. The number of alkyl halides is 1. The minimum atomic E-state index is -0.880. The molecule has 0 saturated carbocycles. The average molecular weight is 190 g/mol. The molecule has 3 heteroatoms. The van der Waals surface area contributed by atoms with Gasteiger partial charge >= 0.3 is 0 Å². The van der Waals surface area contributed by atoms with Gasteiger partial charge in [-0.2, -0.15) is 0 Å². The van der Waals surface area contributed by atoms with E-state index < -0.39 is 5.72 Å². The fourth-order valence-electron chi connectivity index (χ4n) is 0.594. The molecule has 0 radical (unpaired) electrons. The summed E-state index contributed by atoms with van der Waals surface area (Å²) >= 11 is 3.17. The summed E-state index contributed by atoms with van der Waals surface area (Å²) in [5.74, 6) is 0. The van der Waals surface area contributed by atoms with Gasteiger partial charge in [0.1, 0.15) is 0 Å². The van der Waals surface area contributed by atoms with E-state index in [1.165, 1.54) is 0 Å². The first-order valence-electron chi connectivity index (χ1n) is 2.67. The fraction of sp³-hybridized carbons (Fsp3) is 0.333. The molecule has 0 aliphatic carbocycles. The van der Waals surface area contributed by atoms with Crippen LogP contribution in [0, 0.1) is 0 Å². The Morgan fingerprint density at radius 1 is 1.56 bits per heavy atom. The van der Waals surface area contributed by atoms with E-state index in [2.05, 4.69) is 21.2 Å². The molecule has 0 aromatic carbocycles. The van der Waals surface area contributed by atoms with Crippen LogP contribution in [0.5, 0.6) is 0 Å². The average Bonchev–Trinajstić information content (AvgIpc) is 1.90. The summed E-state index contributed by atoms with van der Waals surface area (Å²) in [7, 11) is 0. The quantitative estimate of drug-likeness (QED) is 0.597. The number of allylic oxidation sites excluding steroid dienone is 2. The normalized spacial score (nSPS) is 32.2. The molecule has 0 fully saturated rings. The third kappa shape index (κ3) is 1.56. The maximum atomic E-state index is 9.38. The zero-order valence-corrected chi connectivity index (χ0v) is 6.43. The van der Waals surface area contributed by atoms with Gasteiger partial charge in [0.05, 0.1) is 5.33 Å². The molecule has 0 amide bonds. The van der Waals surface area contributed by atoms with Crippen LogP contribution < -0.4 is 5.32 Å². The minimum Gasteiger partial charge on any atom is -0.367 e. The maximum Gasteiger partial charge on any atom is 0.164 e. The highest BCUT2D eigenvalue weighted by molar-refractivity contribution is 9.09. The Kier molecular flexibility index (Phi) is 1.93. The monoisotopic (exact) mass is 189 g/mol. The van der Waals surface area contributed by atoms with Crippen LogP contribution >= 0.6 is 15.9 Å². The lowest BCUT2D eigenvalue weighted by atomic mass is 10.2. The largest absolute Gasteiger partial charge is 0.367 e. The predicted octanol–water partition coefficient (Wildman–Crippen LogP) is 0.743. The molecule has 9 heavy (non-hydrogen) atoms. The van der Waals surface area contributed by atoms with Gasteiger partial charge < -0.3 is 10.4 Å². The fourth-order valence-corrected chi connectivity index (χ4v) is 0.943. The lowest BCUT2D eigenvalue weighted by Crippen LogP contribution is -2.42. The molecule has 50 valence electrons. The highest BCUT2D eigenvalue weighted by Crippen LogP contribution is 2.09. The molecule has 2 N–H and O–H groups in total. The molecule has 1 aliphatic heterocycles. The summed E-state index contributed by atoms with van der Waals surface area (Å²) in [6.07, 6.45) is 7.04. The van der Waals surface area contributed by atoms with Gasteiger partial charge in [-0.05, 0) is 18.4 Å². The standard InChI is InChI=1S/C6H8BrNO/c7-5-6(9)3-1-2-4-8-6/h1-4,8-9H,5H2. The predicted molar refractivity (Wildman–Crippen MR) is 40.2 cm³/mol. The smallest absolute Gasteiger partial charge is 0.164 e. The van der Waals surface area contributed by atoms with Crippen molar-refractivity contribution in [2.24, 2.45) is 0 Å². The molecule has 1 unspecified atom stereocenters. The van der Waals surface area contributed by atoms with Crippen LogP contribution in [0.3, 0.4) is 0 Å². The van der Waals surface area contributed by atoms with Crippen molar-refractivity contribution < 1.29 is 5.11 Å². The molecule has 1 atom stereocenters. The Labute approximate surface area is 62.4 Å². The van der Waals surface area contributed by atoms with Crippen LogP contribution in [0.2, 0.25) is 0 Å². The van der Waals surface area contributed by atoms with Crippen LogP contribution in [-0.2, 0) is 0 Å². The van der Waals surface area contributed by atoms with Crippen molar-refractivity contribution >= 4 is 15.9 Å². The van der Waals surface area contributed by atoms with Crippen molar-refractivity contribution in [3.8, 4) is 0 Å². The molecule has 0 saturated heterocycles. The topological polar surface area (TPSA) is 32.3 Å². The van der Waals surface area contributed by atoms with Gasteiger partial charge in [0.15, 0.2) is 5.72 Å². The summed E-state index contributed by atoms with van der Waals surface area (Å²) < 4.78 is 0. The molecule has 0 aromatic rings. The second-order valence-corrected chi connectivity index (χ2v) is 2.48. The van der Waals surface area contributed by atoms with Crippen molar-refractivity contribution in [3.63, 3.8) is 0 Å². The van der Waals surface area contributed by atoms with E-state index >= 15 is 0 Å². The Hall–Kier alpha value is -0.280. The van der Waals surface area contributed by atoms with E-state index in [4.69, 9.17) is 0 Å². The first-order chi connectivity index (χ1) is 4.27. The summed E-state index contributed by atoms with van der Waals surface area (Å²) in [6.45, 7) is 0. The van der Waals surface area contributed by atoms with Crippen molar-refractivity contribution in [1.82, 2.24) is 5.32 Å². The number of hydrogen-bond donors (Lipinski definition) is 2. The Bertz CT molecular complexity index is 155. The number of rotatable bonds is 1. The van der Waals surface area contributed by atoms with Gasteiger partial charge in [0, 0.05) is 0 Å². The first-order valence-corrected chi connectivity index (χ1v) is 3.79. The van der Waals surface area contributed by atoms with Crippen LogP contribution in [-0.4, -0.2) is 16.2 Å². The SMILES string of the molecule is OC1(CBr)C=CC=CN1. The lowest BCUT2D eigenvalue weighted by molar-refractivity contribution is 0.0945. The van der Waals surface area contributed by atoms with E-state index in [0.29, 0.717) is 5.33 Å². The molecule has 1 heterocycles. The third-order valence-electron chi connectivity index (χ3n) is 1.12. The molecule has 0 spiro atoms. The highest BCUT2D eigenvalue weighted by Gasteiger charge is 2.19. The van der Waals surface area contributed by atoms with Crippen molar-refractivity contribution in [2.75, 3.05) is 5.33 Å². The minimum absolute atomic E-state index is 0.501. The van der Waals surface area contributed by atoms with Crippen LogP contribution in [0.4, 0.5) is 0 Å².